The van der Waals surface area contributed by atoms with E-state index in [0.29, 0.717) is 37.7 Å². The number of hydrogen-bond acceptors (Lipinski definition) is 8. The maximum absolute atomic E-state index is 14.3. The number of allylic oxidation sites excluding steroid dienone is 1. The molecule has 15 heteroatoms. The van der Waals surface area contributed by atoms with Crippen LogP contribution in [0.3, 0.4) is 0 Å². The summed E-state index contributed by atoms with van der Waals surface area (Å²) in [4.78, 5) is 72.8. The van der Waals surface area contributed by atoms with Gasteiger partial charge < -0.3 is 30.6 Å². The molecule has 2 aliphatic heterocycles. The minimum atomic E-state index is -3.89. The number of ether oxygens (including phenoxy) is 1. The number of amides is 5. The van der Waals surface area contributed by atoms with E-state index in [1.165, 1.54) is 4.90 Å². The molecule has 2 aromatic rings. The molecular formula is C35H46N6O8S. The molecule has 14 nitrogen and oxygen atoms in total. The zero-order valence-electron chi connectivity index (χ0n) is 28.6. The van der Waals surface area contributed by atoms with E-state index in [4.69, 9.17) is 4.74 Å². The molecule has 5 N–H and O–H groups in total. The Balaban J connectivity index is 1.27. The van der Waals surface area contributed by atoms with Crippen molar-refractivity contribution < 1.29 is 37.1 Å². The number of rotatable bonds is 6. The highest BCUT2D eigenvalue weighted by atomic mass is 32.2. The molecule has 2 saturated carbocycles. The van der Waals surface area contributed by atoms with Gasteiger partial charge in [0.25, 0.3) is 11.8 Å². The van der Waals surface area contributed by atoms with E-state index in [9.17, 15) is 32.4 Å². The molecule has 1 aromatic heterocycles. The molecule has 4 aliphatic rings. The summed E-state index contributed by atoms with van der Waals surface area (Å²) in [6.45, 7) is 5.12. The number of fused-ring (bicyclic) bond motifs is 3. The van der Waals surface area contributed by atoms with Gasteiger partial charge in [-0.3, -0.25) is 23.9 Å². The fraction of sp³-hybridized carbons (Fsp3) is 0.571. The fourth-order valence-electron chi connectivity index (χ4n) is 6.81. The highest BCUT2D eigenvalue weighted by Crippen LogP contribution is 2.46. The van der Waals surface area contributed by atoms with Crippen LogP contribution < -0.4 is 20.7 Å². The van der Waals surface area contributed by atoms with Crippen molar-refractivity contribution in [2.24, 2.45) is 5.92 Å². The van der Waals surface area contributed by atoms with E-state index in [1.54, 1.807) is 39.1 Å². The van der Waals surface area contributed by atoms with Crippen LogP contribution in [0.25, 0.3) is 10.9 Å². The molecule has 270 valence electrons. The standard InChI is InChI=1S/C35H46N6O8S/c1-34(2,3)49-33(46)38-26-10-8-6-4-5-7-9-23-19-35(23,32(45)40-50(47,48)25-13-14-25)39-30(43)28-18-24(20-41(28)31(26)44)37-29(42)22-12-11-21-15-16-36-27(21)17-22/h7,9,11-12,15-17,23-26,28,36H,4-6,8,10,13-14,18-20H2,1-3H3,(H,37,42)(H,38,46)(H,39,43)(H,40,45)/b9-7-/t23-,24-,26+,28+,35-/m1/s1. The van der Waals surface area contributed by atoms with Gasteiger partial charge in [0.05, 0.1) is 5.25 Å². The van der Waals surface area contributed by atoms with Gasteiger partial charge in [-0.2, -0.15) is 0 Å². The van der Waals surface area contributed by atoms with Crippen LogP contribution >= 0.6 is 0 Å². The molecule has 6 rings (SSSR count). The predicted octanol–water partition coefficient (Wildman–Crippen LogP) is 2.76. The maximum atomic E-state index is 14.3. The third-order valence-corrected chi connectivity index (χ3v) is 11.5. The molecule has 0 spiro atoms. The number of nitrogens with zero attached hydrogens (tertiary/aromatic N) is 1. The summed E-state index contributed by atoms with van der Waals surface area (Å²) in [5, 5.41) is 8.80. The second-order valence-corrected chi connectivity index (χ2v) is 16.9. The largest absolute Gasteiger partial charge is 0.444 e. The Morgan fingerprint density at radius 3 is 2.54 bits per heavy atom. The molecule has 3 heterocycles. The molecule has 50 heavy (non-hydrogen) atoms. The zero-order chi connectivity index (χ0) is 35.8. The van der Waals surface area contributed by atoms with E-state index in [0.717, 1.165) is 23.7 Å². The van der Waals surface area contributed by atoms with Crippen LogP contribution in [0.15, 0.2) is 42.6 Å². The molecule has 1 aromatic carbocycles. The Kier molecular flexibility index (Phi) is 9.72. The van der Waals surface area contributed by atoms with Gasteiger partial charge in [0.15, 0.2) is 0 Å². The smallest absolute Gasteiger partial charge is 0.408 e. The molecule has 0 unspecified atom stereocenters. The summed E-state index contributed by atoms with van der Waals surface area (Å²) in [6.07, 6.45) is 9.09. The van der Waals surface area contributed by atoms with Crippen molar-refractivity contribution in [3.05, 3.63) is 48.2 Å². The minimum Gasteiger partial charge on any atom is -0.444 e. The van der Waals surface area contributed by atoms with Crippen LogP contribution in [0.4, 0.5) is 4.79 Å². The lowest BCUT2D eigenvalue weighted by Crippen LogP contribution is -2.58. The SMILES string of the molecule is CC(C)(C)OC(=O)N[C@H]1CCCCC/C=C\[C@@H]2C[C@@]2(C(=O)NS(=O)(=O)C2CC2)NC(=O)[C@@H]2C[C@@H](NC(=O)c3ccc4cc[nH]c4c3)CN2C1=O. The Hall–Kier alpha value is -4.40. The van der Waals surface area contributed by atoms with Crippen LogP contribution in [0.5, 0.6) is 0 Å². The highest BCUT2D eigenvalue weighted by Gasteiger charge is 2.62. The van der Waals surface area contributed by atoms with Gasteiger partial charge in [-0.1, -0.05) is 31.1 Å². The van der Waals surface area contributed by atoms with Gasteiger partial charge in [-0.15, -0.1) is 0 Å². The van der Waals surface area contributed by atoms with Crippen LogP contribution in [0.1, 0.15) is 88.9 Å². The van der Waals surface area contributed by atoms with Gasteiger partial charge in [-0.05, 0) is 89.3 Å². The van der Waals surface area contributed by atoms with Crippen molar-refractivity contribution in [1.29, 1.82) is 0 Å². The van der Waals surface area contributed by atoms with Crippen molar-refractivity contribution in [3.8, 4) is 0 Å². The Bertz CT molecular complexity index is 1810. The number of benzene rings is 1. The monoisotopic (exact) mass is 710 g/mol. The lowest BCUT2D eigenvalue weighted by molar-refractivity contribution is -0.141. The number of sulfonamides is 1. The van der Waals surface area contributed by atoms with Crippen molar-refractivity contribution in [2.45, 2.75) is 113 Å². The summed E-state index contributed by atoms with van der Waals surface area (Å²) in [6, 6.07) is 4.34. The molecular weight excluding hydrogens is 664 g/mol. The Morgan fingerprint density at radius 2 is 1.80 bits per heavy atom. The normalized spacial score (nSPS) is 28.3. The Labute approximate surface area is 291 Å². The topological polar surface area (TPSA) is 196 Å². The van der Waals surface area contributed by atoms with E-state index < -0.39 is 74.3 Å². The van der Waals surface area contributed by atoms with E-state index >= 15 is 0 Å². The van der Waals surface area contributed by atoms with E-state index in [2.05, 4.69) is 25.7 Å². The lowest BCUT2D eigenvalue weighted by Gasteiger charge is -2.30. The second kappa shape index (κ2) is 13.7. The third-order valence-electron chi connectivity index (χ3n) is 9.72. The first-order valence-corrected chi connectivity index (χ1v) is 18.9. The average Bonchev–Trinajstić information content (AvgIpc) is 3.92. The summed E-state index contributed by atoms with van der Waals surface area (Å²) < 4.78 is 33.1. The van der Waals surface area contributed by atoms with Crippen LogP contribution in [0.2, 0.25) is 0 Å². The number of carbonyl (C=O) groups is 5. The zero-order valence-corrected chi connectivity index (χ0v) is 29.4. The van der Waals surface area contributed by atoms with Crippen LogP contribution in [-0.2, 0) is 29.1 Å². The molecule has 1 saturated heterocycles. The first kappa shape index (κ1) is 35.4. The van der Waals surface area contributed by atoms with Crippen molar-refractivity contribution in [3.63, 3.8) is 0 Å². The lowest BCUT2D eigenvalue weighted by atomic mass is 10.0. The van der Waals surface area contributed by atoms with Gasteiger partial charge in [0.2, 0.25) is 21.8 Å². The van der Waals surface area contributed by atoms with Gasteiger partial charge >= 0.3 is 6.09 Å². The second-order valence-electron chi connectivity index (χ2n) is 14.9. The van der Waals surface area contributed by atoms with Crippen molar-refractivity contribution in [2.75, 3.05) is 6.54 Å². The molecule has 2 aliphatic carbocycles. The van der Waals surface area contributed by atoms with E-state index in [1.807, 2.05) is 24.3 Å². The third kappa shape index (κ3) is 7.98. The number of alkyl carbamates (subject to hydrolysis) is 1. The first-order chi connectivity index (χ1) is 23.6. The number of hydrogen-bond donors (Lipinski definition) is 5. The summed E-state index contributed by atoms with van der Waals surface area (Å²) in [5.41, 5.74) is -1.14. The highest BCUT2D eigenvalue weighted by molar-refractivity contribution is 7.91. The summed E-state index contributed by atoms with van der Waals surface area (Å²) in [5.74, 6) is -2.79. The molecule has 0 radical (unpaired) electrons. The molecule has 0 bridgehead atoms. The molecule has 5 atom stereocenters. The minimum absolute atomic E-state index is 0.0293. The Morgan fingerprint density at radius 1 is 1.02 bits per heavy atom. The number of H-pyrrole nitrogens is 1. The summed E-state index contributed by atoms with van der Waals surface area (Å²) >= 11 is 0. The van der Waals surface area contributed by atoms with Gasteiger partial charge in [0, 0.05) is 35.8 Å². The van der Waals surface area contributed by atoms with E-state index in [-0.39, 0.29) is 25.3 Å². The maximum Gasteiger partial charge on any atom is 0.408 e. The number of carbonyl (C=O) groups excluding carboxylic acids is 5. The van der Waals surface area contributed by atoms with Crippen molar-refractivity contribution in [1.82, 2.24) is 30.6 Å². The van der Waals surface area contributed by atoms with Crippen LogP contribution in [0, 0.1) is 5.92 Å². The van der Waals surface area contributed by atoms with Crippen LogP contribution in [-0.4, -0.2) is 89.1 Å². The molecule has 3 fully saturated rings. The van der Waals surface area contributed by atoms with Crippen molar-refractivity contribution >= 4 is 50.6 Å². The fourth-order valence-corrected chi connectivity index (χ4v) is 8.18. The number of nitrogens with one attached hydrogen (secondary N) is 5. The summed E-state index contributed by atoms with van der Waals surface area (Å²) in [7, 11) is -3.89. The predicted molar refractivity (Wildman–Crippen MR) is 184 cm³/mol. The quantitative estimate of drug-likeness (QED) is 0.282. The average molecular weight is 711 g/mol. The van der Waals surface area contributed by atoms with Gasteiger partial charge in [0.1, 0.15) is 23.2 Å². The molecule has 5 amide bonds. The first-order valence-electron chi connectivity index (χ1n) is 17.4. The van der Waals surface area contributed by atoms with Gasteiger partial charge in [-0.25, -0.2) is 13.2 Å². The number of aromatic nitrogens is 1. The number of aromatic amines is 1.